The van der Waals surface area contributed by atoms with Gasteiger partial charge in [-0.05, 0) is 43.9 Å². The first-order chi connectivity index (χ1) is 9.99. The van der Waals surface area contributed by atoms with E-state index in [9.17, 15) is 9.59 Å². The molecule has 1 amide bonds. The zero-order chi connectivity index (χ0) is 15.4. The Balaban J connectivity index is 2.01. The summed E-state index contributed by atoms with van der Waals surface area (Å²) in [6, 6.07) is 7.85. The number of carboxylic acid groups (broad SMARTS) is 1. The molecule has 4 heteroatoms. The summed E-state index contributed by atoms with van der Waals surface area (Å²) in [6.45, 7) is 4.43. The van der Waals surface area contributed by atoms with E-state index in [1.807, 2.05) is 44.2 Å². The molecule has 2 rings (SSSR count). The summed E-state index contributed by atoms with van der Waals surface area (Å²) >= 11 is 0. The van der Waals surface area contributed by atoms with Gasteiger partial charge in [-0.15, -0.1) is 0 Å². The van der Waals surface area contributed by atoms with Crippen molar-refractivity contribution >= 4 is 18.0 Å². The van der Waals surface area contributed by atoms with Crippen LogP contribution in [0.4, 0.5) is 0 Å². The average molecular weight is 287 g/mol. The highest BCUT2D eigenvalue weighted by molar-refractivity contribution is 5.92. The maximum absolute atomic E-state index is 12.3. The topological polar surface area (TPSA) is 57.6 Å². The monoisotopic (exact) mass is 287 g/mol. The van der Waals surface area contributed by atoms with Gasteiger partial charge in [0.05, 0.1) is 5.92 Å². The number of carboxylic acids is 1. The maximum Gasteiger partial charge on any atom is 0.306 e. The molecule has 0 aliphatic carbocycles. The Labute approximate surface area is 125 Å². The van der Waals surface area contributed by atoms with Crippen LogP contribution < -0.4 is 0 Å². The summed E-state index contributed by atoms with van der Waals surface area (Å²) in [6.07, 6.45) is 4.47. The second-order valence-electron chi connectivity index (χ2n) is 5.63. The molecule has 2 atom stereocenters. The van der Waals surface area contributed by atoms with Crippen molar-refractivity contribution < 1.29 is 14.7 Å². The van der Waals surface area contributed by atoms with Crippen molar-refractivity contribution in [2.75, 3.05) is 6.54 Å². The van der Waals surface area contributed by atoms with Crippen LogP contribution >= 0.6 is 0 Å². The lowest BCUT2D eigenvalue weighted by Gasteiger charge is -2.35. The second kappa shape index (κ2) is 6.57. The minimum absolute atomic E-state index is 0.0335. The fourth-order valence-corrected chi connectivity index (χ4v) is 2.75. The van der Waals surface area contributed by atoms with Crippen molar-refractivity contribution in [3.8, 4) is 0 Å². The largest absolute Gasteiger partial charge is 0.481 e. The molecule has 1 heterocycles. The number of hydrogen-bond acceptors (Lipinski definition) is 2. The number of carbonyl (C=O) groups is 2. The molecule has 0 radical (unpaired) electrons. The van der Waals surface area contributed by atoms with Crippen molar-refractivity contribution in [3.05, 3.63) is 41.5 Å². The number of rotatable bonds is 3. The number of nitrogens with zero attached hydrogens (tertiary/aromatic N) is 1. The van der Waals surface area contributed by atoms with E-state index in [-0.39, 0.29) is 17.9 Å². The molecule has 112 valence electrons. The number of amides is 1. The highest BCUT2D eigenvalue weighted by atomic mass is 16.4. The van der Waals surface area contributed by atoms with Crippen molar-refractivity contribution in [2.24, 2.45) is 5.92 Å². The molecule has 0 bridgehead atoms. The molecule has 1 fully saturated rings. The van der Waals surface area contributed by atoms with Crippen LogP contribution in [0.2, 0.25) is 0 Å². The minimum Gasteiger partial charge on any atom is -0.481 e. The van der Waals surface area contributed by atoms with Gasteiger partial charge >= 0.3 is 5.97 Å². The van der Waals surface area contributed by atoms with E-state index in [0.717, 1.165) is 11.1 Å². The third kappa shape index (κ3) is 3.72. The molecule has 1 aliphatic heterocycles. The first-order valence-electron chi connectivity index (χ1n) is 7.26. The highest BCUT2D eigenvalue weighted by Gasteiger charge is 2.31. The first kappa shape index (κ1) is 15.3. The Bertz CT molecular complexity index is 565. The van der Waals surface area contributed by atoms with Crippen LogP contribution in [0.5, 0.6) is 0 Å². The Kier molecular flexibility index (Phi) is 4.78. The van der Waals surface area contributed by atoms with Gasteiger partial charge in [-0.1, -0.05) is 24.3 Å². The van der Waals surface area contributed by atoms with Gasteiger partial charge in [0.25, 0.3) is 0 Å². The Morgan fingerprint density at radius 1 is 1.33 bits per heavy atom. The summed E-state index contributed by atoms with van der Waals surface area (Å²) < 4.78 is 0. The van der Waals surface area contributed by atoms with Gasteiger partial charge in [-0.3, -0.25) is 9.59 Å². The van der Waals surface area contributed by atoms with E-state index in [2.05, 4.69) is 0 Å². The molecule has 0 spiro atoms. The zero-order valence-corrected chi connectivity index (χ0v) is 12.5. The number of piperidine rings is 1. The fourth-order valence-electron chi connectivity index (χ4n) is 2.75. The fraction of sp³-hybridized carbons (Fsp3) is 0.412. The van der Waals surface area contributed by atoms with Gasteiger partial charge < -0.3 is 10.0 Å². The maximum atomic E-state index is 12.3. The third-order valence-corrected chi connectivity index (χ3v) is 4.10. The summed E-state index contributed by atoms with van der Waals surface area (Å²) in [4.78, 5) is 25.0. The molecule has 21 heavy (non-hydrogen) atoms. The van der Waals surface area contributed by atoms with E-state index in [1.54, 1.807) is 11.0 Å². The lowest BCUT2D eigenvalue weighted by Crippen LogP contribution is -2.45. The van der Waals surface area contributed by atoms with Crippen LogP contribution in [0.15, 0.2) is 30.3 Å². The highest BCUT2D eigenvalue weighted by Crippen LogP contribution is 2.23. The Morgan fingerprint density at radius 2 is 2.05 bits per heavy atom. The molecule has 1 aliphatic rings. The van der Waals surface area contributed by atoms with Gasteiger partial charge in [-0.2, -0.15) is 0 Å². The van der Waals surface area contributed by atoms with Crippen molar-refractivity contribution in [1.29, 1.82) is 0 Å². The Hall–Kier alpha value is -2.10. The molecule has 0 saturated carbocycles. The van der Waals surface area contributed by atoms with E-state index < -0.39 is 5.97 Å². The number of aryl methyl sites for hydroxylation is 1. The van der Waals surface area contributed by atoms with Crippen molar-refractivity contribution in [1.82, 2.24) is 4.90 Å². The smallest absolute Gasteiger partial charge is 0.306 e. The van der Waals surface area contributed by atoms with Crippen molar-refractivity contribution in [3.63, 3.8) is 0 Å². The molecule has 1 N–H and O–H groups in total. The lowest BCUT2D eigenvalue weighted by molar-refractivity contribution is -0.146. The lowest BCUT2D eigenvalue weighted by atomic mass is 9.91. The number of carbonyl (C=O) groups excluding carboxylic acids is 1. The Morgan fingerprint density at radius 3 is 2.67 bits per heavy atom. The average Bonchev–Trinajstić information content (AvgIpc) is 2.46. The minimum atomic E-state index is -0.760. The standard InChI is InChI=1S/C17H21NO3/c1-12-5-3-4-6-14(12)7-8-16(19)18-10-9-15(17(20)21)11-13(18)2/h3-8,13,15H,9-11H2,1-2H3,(H,20,21)/b8-7+. The molecule has 4 nitrogen and oxygen atoms in total. The van der Waals surface area contributed by atoms with Crippen LogP contribution in [0.1, 0.15) is 30.9 Å². The van der Waals surface area contributed by atoms with Gasteiger partial charge in [0.15, 0.2) is 0 Å². The van der Waals surface area contributed by atoms with Gasteiger partial charge in [0, 0.05) is 18.7 Å². The third-order valence-electron chi connectivity index (χ3n) is 4.10. The van der Waals surface area contributed by atoms with Gasteiger partial charge in [-0.25, -0.2) is 0 Å². The predicted octanol–water partition coefficient (Wildman–Crippen LogP) is 2.72. The molecule has 1 saturated heterocycles. The second-order valence-corrected chi connectivity index (χ2v) is 5.63. The van der Waals surface area contributed by atoms with E-state index in [4.69, 9.17) is 5.11 Å². The predicted molar refractivity (Wildman–Crippen MR) is 81.7 cm³/mol. The van der Waals surface area contributed by atoms with E-state index in [1.165, 1.54) is 0 Å². The van der Waals surface area contributed by atoms with Crippen LogP contribution in [0.3, 0.4) is 0 Å². The zero-order valence-electron chi connectivity index (χ0n) is 12.5. The van der Waals surface area contributed by atoms with Crippen molar-refractivity contribution in [2.45, 2.75) is 32.7 Å². The van der Waals surface area contributed by atoms with Crippen LogP contribution in [-0.2, 0) is 9.59 Å². The molecule has 0 aromatic heterocycles. The van der Waals surface area contributed by atoms with E-state index >= 15 is 0 Å². The summed E-state index contributed by atoms with van der Waals surface area (Å²) in [5.41, 5.74) is 2.15. The van der Waals surface area contributed by atoms with Gasteiger partial charge in [0.1, 0.15) is 0 Å². The summed E-state index contributed by atoms with van der Waals surface area (Å²) in [7, 11) is 0. The molecule has 1 aromatic carbocycles. The molecular weight excluding hydrogens is 266 g/mol. The van der Waals surface area contributed by atoms with E-state index in [0.29, 0.717) is 19.4 Å². The van der Waals surface area contributed by atoms with Gasteiger partial charge in [0.2, 0.25) is 5.91 Å². The summed E-state index contributed by atoms with van der Waals surface area (Å²) in [5, 5.41) is 9.05. The van der Waals surface area contributed by atoms with Crippen LogP contribution in [0, 0.1) is 12.8 Å². The quantitative estimate of drug-likeness (QED) is 0.870. The van der Waals surface area contributed by atoms with Crippen LogP contribution in [0.25, 0.3) is 6.08 Å². The number of likely N-dealkylation sites (tertiary alicyclic amines) is 1. The normalized spacial score (nSPS) is 22.5. The molecular formula is C17H21NO3. The summed E-state index contributed by atoms with van der Waals surface area (Å²) in [5.74, 6) is -1.14. The first-order valence-corrected chi connectivity index (χ1v) is 7.26. The van der Waals surface area contributed by atoms with Crippen LogP contribution in [-0.4, -0.2) is 34.5 Å². The number of hydrogen-bond donors (Lipinski definition) is 1. The molecule has 1 aromatic rings. The number of benzene rings is 1. The number of aliphatic carboxylic acids is 1. The molecule has 2 unspecified atom stereocenters. The SMILES string of the molecule is Cc1ccccc1/C=C/C(=O)N1CCC(C(=O)O)CC1C.